The molecule has 15 heavy (non-hydrogen) atoms. The third-order valence-electron chi connectivity index (χ3n) is 2.65. The van der Waals surface area contributed by atoms with Crippen molar-refractivity contribution in [1.29, 1.82) is 0 Å². The molecule has 0 aromatic rings. The molecule has 0 aliphatic rings. The molecule has 1 N–H and O–H groups in total. The maximum Gasteiger partial charge on any atom is 0.0626 e. The summed E-state index contributed by atoms with van der Waals surface area (Å²) in [4.78, 5) is 0. The average molecular weight is 216 g/mol. The van der Waals surface area contributed by atoms with Gasteiger partial charge in [0.15, 0.2) is 0 Å². The molecule has 2 nitrogen and oxygen atoms in total. The lowest BCUT2D eigenvalue weighted by molar-refractivity contribution is -0.0254. The number of unbranched alkanes of at least 4 members (excludes halogenated alkanes) is 4. The molecule has 0 saturated heterocycles. The number of hydrogen-bond acceptors (Lipinski definition) is 2. The molecule has 0 atom stereocenters. The number of aliphatic hydroxyl groups excluding tert-OH is 1. The van der Waals surface area contributed by atoms with Crippen molar-refractivity contribution in [2.45, 2.75) is 71.3 Å². The Bertz CT molecular complexity index is 132. The van der Waals surface area contributed by atoms with Crippen molar-refractivity contribution in [3.05, 3.63) is 0 Å². The Morgan fingerprint density at radius 2 is 1.60 bits per heavy atom. The average Bonchev–Trinajstić information content (AvgIpc) is 2.16. The van der Waals surface area contributed by atoms with Crippen LogP contribution in [-0.2, 0) is 4.74 Å². The van der Waals surface area contributed by atoms with E-state index in [4.69, 9.17) is 9.84 Å². The largest absolute Gasteiger partial charge is 0.396 e. The second-order valence-electron chi connectivity index (χ2n) is 4.85. The van der Waals surface area contributed by atoms with Crippen LogP contribution in [0.2, 0.25) is 0 Å². The summed E-state index contributed by atoms with van der Waals surface area (Å²) < 4.78 is 5.83. The van der Waals surface area contributed by atoms with E-state index >= 15 is 0 Å². The van der Waals surface area contributed by atoms with Gasteiger partial charge in [0.05, 0.1) is 5.60 Å². The molecule has 0 heterocycles. The summed E-state index contributed by atoms with van der Waals surface area (Å²) in [7, 11) is 0. The summed E-state index contributed by atoms with van der Waals surface area (Å²) in [6.07, 6.45) is 8.01. The SMILES string of the molecule is CCCC(C)(C)OCCCCCCCO. The smallest absolute Gasteiger partial charge is 0.0626 e. The molecule has 0 aliphatic heterocycles. The van der Waals surface area contributed by atoms with Crippen molar-refractivity contribution in [3.63, 3.8) is 0 Å². The lowest BCUT2D eigenvalue weighted by Crippen LogP contribution is -2.24. The van der Waals surface area contributed by atoms with Crippen LogP contribution in [-0.4, -0.2) is 23.9 Å². The van der Waals surface area contributed by atoms with Gasteiger partial charge in [0.1, 0.15) is 0 Å². The third kappa shape index (κ3) is 10.2. The van der Waals surface area contributed by atoms with Crippen LogP contribution in [0.4, 0.5) is 0 Å². The second-order valence-corrected chi connectivity index (χ2v) is 4.85. The number of aliphatic hydroxyl groups is 1. The first-order valence-corrected chi connectivity index (χ1v) is 6.37. The van der Waals surface area contributed by atoms with Crippen LogP contribution >= 0.6 is 0 Å². The molecule has 0 radical (unpaired) electrons. The van der Waals surface area contributed by atoms with E-state index in [-0.39, 0.29) is 5.60 Å². The predicted molar refractivity (Wildman–Crippen MR) is 65.1 cm³/mol. The van der Waals surface area contributed by atoms with Gasteiger partial charge >= 0.3 is 0 Å². The van der Waals surface area contributed by atoms with Crippen LogP contribution in [0, 0.1) is 0 Å². The summed E-state index contributed by atoms with van der Waals surface area (Å²) in [6, 6.07) is 0. The maximum atomic E-state index is 8.61. The van der Waals surface area contributed by atoms with Crippen molar-refractivity contribution < 1.29 is 9.84 Å². The normalized spacial score (nSPS) is 12.0. The minimum absolute atomic E-state index is 0.0554. The van der Waals surface area contributed by atoms with Gasteiger partial charge in [-0.25, -0.2) is 0 Å². The Hall–Kier alpha value is -0.0800. The van der Waals surface area contributed by atoms with Gasteiger partial charge in [-0.15, -0.1) is 0 Å². The van der Waals surface area contributed by atoms with E-state index in [1.54, 1.807) is 0 Å². The van der Waals surface area contributed by atoms with Crippen LogP contribution in [0.15, 0.2) is 0 Å². The van der Waals surface area contributed by atoms with Crippen molar-refractivity contribution in [1.82, 2.24) is 0 Å². The van der Waals surface area contributed by atoms with Gasteiger partial charge in [-0.3, -0.25) is 0 Å². The minimum Gasteiger partial charge on any atom is -0.396 e. The lowest BCUT2D eigenvalue weighted by Gasteiger charge is -2.24. The van der Waals surface area contributed by atoms with Gasteiger partial charge in [0.25, 0.3) is 0 Å². The first kappa shape index (κ1) is 14.9. The highest BCUT2D eigenvalue weighted by Gasteiger charge is 2.15. The van der Waals surface area contributed by atoms with Gasteiger partial charge in [-0.05, 0) is 33.1 Å². The topological polar surface area (TPSA) is 29.5 Å². The molecular formula is C13H28O2. The van der Waals surface area contributed by atoms with Gasteiger partial charge < -0.3 is 9.84 Å². The number of hydrogen-bond donors (Lipinski definition) is 1. The van der Waals surface area contributed by atoms with E-state index in [1.165, 1.54) is 19.3 Å². The highest BCUT2D eigenvalue weighted by Crippen LogP contribution is 2.17. The van der Waals surface area contributed by atoms with Gasteiger partial charge in [0, 0.05) is 13.2 Å². The Kier molecular flexibility index (Phi) is 9.12. The Balaban J connectivity index is 3.22. The van der Waals surface area contributed by atoms with Crippen LogP contribution in [0.25, 0.3) is 0 Å². The first-order chi connectivity index (χ1) is 7.12. The van der Waals surface area contributed by atoms with Crippen LogP contribution in [0.1, 0.15) is 65.7 Å². The van der Waals surface area contributed by atoms with Crippen LogP contribution < -0.4 is 0 Å². The predicted octanol–water partition coefficient (Wildman–Crippen LogP) is 3.52. The highest BCUT2D eigenvalue weighted by atomic mass is 16.5. The number of ether oxygens (including phenoxy) is 1. The van der Waals surface area contributed by atoms with E-state index < -0.39 is 0 Å². The molecular weight excluding hydrogens is 188 g/mol. The molecule has 2 heteroatoms. The lowest BCUT2D eigenvalue weighted by atomic mass is 10.0. The van der Waals surface area contributed by atoms with Crippen molar-refractivity contribution in [3.8, 4) is 0 Å². The molecule has 0 fully saturated rings. The van der Waals surface area contributed by atoms with E-state index in [0.717, 1.165) is 32.3 Å². The molecule has 0 bridgehead atoms. The second kappa shape index (κ2) is 9.17. The summed E-state index contributed by atoms with van der Waals surface area (Å²) in [5, 5.41) is 8.61. The zero-order chi connectivity index (χ0) is 11.6. The van der Waals surface area contributed by atoms with E-state index in [0.29, 0.717) is 6.61 Å². The van der Waals surface area contributed by atoms with Gasteiger partial charge in [-0.2, -0.15) is 0 Å². The molecule has 0 unspecified atom stereocenters. The van der Waals surface area contributed by atoms with E-state index in [2.05, 4.69) is 20.8 Å². The zero-order valence-corrected chi connectivity index (χ0v) is 10.7. The molecule has 0 aliphatic carbocycles. The quantitative estimate of drug-likeness (QED) is 0.566. The standard InChI is InChI=1S/C13H28O2/c1-4-10-13(2,3)15-12-9-7-5-6-8-11-14/h14H,4-12H2,1-3H3. The van der Waals surface area contributed by atoms with Crippen LogP contribution in [0.5, 0.6) is 0 Å². The van der Waals surface area contributed by atoms with Gasteiger partial charge in [0.2, 0.25) is 0 Å². The summed E-state index contributed by atoms with van der Waals surface area (Å²) in [6.45, 7) is 7.75. The zero-order valence-electron chi connectivity index (χ0n) is 10.7. The molecule has 0 aromatic carbocycles. The summed E-state index contributed by atoms with van der Waals surface area (Å²) in [5.41, 5.74) is 0.0554. The fraction of sp³-hybridized carbons (Fsp3) is 1.00. The maximum absolute atomic E-state index is 8.61. The fourth-order valence-corrected chi connectivity index (χ4v) is 1.77. The molecule has 0 spiro atoms. The summed E-state index contributed by atoms with van der Waals surface area (Å²) >= 11 is 0. The monoisotopic (exact) mass is 216 g/mol. The Labute approximate surface area is 95.0 Å². The molecule has 0 saturated carbocycles. The van der Waals surface area contributed by atoms with E-state index in [1.807, 2.05) is 0 Å². The van der Waals surface area contributed by atoms with Gasteiger partial charge in [-0.1, -0.05) is 32.6 Å². The Morgan fingerprint density at radius 1 is 1.00 bits per heavy atom. The van der Waals surface area contributed by atoms with Crippen LogP contribution in [0.3, 0.4) is 0 Å². The summed E-state index contributed by atoms with van der Waals surface area (Å²) in [5.74, 6) is 0. The van der Waals surface area contributed by atoms with E-state index in [9.17, 15) is 0 Å². The molecule has 92 valence electrons. The molecule has 0 amide bonds. The molecule has 0 rings (SSSR count). The number of rotatable bonds is 10. The van der Waals surface area contributed by atoms with Crippen molar-refractivity contribution >= 4 is 0 Å². The minimum atomic E-state index is 0.0554. The fourth-order valence-electron chi connectivity index (χ4n) is 1.77. The van der Waals surface area contributed by atoms with Crippen molar-refractivity contribution in [2.75, 3.05) is 13.2 Å². The highest BCUT2D eigenvalue weighted by molar-refractivity contribution is 4.66. The first-order valence-electron chi connectivity index (χ1n) is 6.37. The third-order valence-corrected chi connectivity index (χ3v) is 2.65. The Morgan fingerprint density at radius 3 is 2.20 bits per heavy atom. The molecule has 0 aromatic heterocycles. The van der Waals surface area contributed by atoms with Crippen molar-refractivity contribution in [2.24, 2.45) is 0 Å².